The molecule has 0 bridgehead atoms. The first-order valence-corrected chi connectivity index (χ1v) is 6.28. The molecule has 106 valence electrons. The first-order valence-electron chi connectivity index (χ1n) is 6.28. The quantitative estimate of drug-likeness (QED) is 0.937. The summed E-state index contributed by atoms with van der Waals surface area (Å²) >= 11 is 0. The van der Waals surface area contributed by atoms with Crippen LogP contribution in [0.1, 0.15) is 15.9 Å². The standard InChI is InChI=1S/C16H13FN2O2/c1-11-6-7-13(17)12(10-11)16(20)19-14-4-2-3-5-15(14)21-9-8-18/h2-7,10H,9H2,1H3,(H,19,20). The van der Waals surface area contributed by atoms with Crippen molar-refractivity contribution in [2.24, 2.45) is 0 Å². The van der Waals surface area contributed by atoms with Crippen LogP contribution in [0.25, 0.3) is 0 Å². The molecule has 2 aromatic carbocycles. The molecule has 0 saturated carbocycles. The second-order valence-electron chi connectivity index (χ2n) is 4.38. The van der Waals surface area contributed by atoms with Crippen molar-refractivity contribution in [3.05, 3.63) is 59.4 Å². The number of rotatable bonds is 4. The number of para-hydroxylation sites is 2. The van der Waals surface area contributed by atoms with E-state index in [4.69, 9.17) is 10.00 Å². The number of nitrogens with zero attached hydrogens (tertiary/aromatic N) is 1. The smallest absolute Gasteiger partial charge is 0.258 e. The maximum Gasteiger partial charge on any atom is 0.258 e. The molecule has 0 aliphatic heterocycles. The van der Waals surface area contributed by atoms with E-state index in [-0.39, 0.29) is 12.2 Å². The molecule has 5 heteroatoms. The van der Waals surface area contributed by atoms with Crippen LogP contribution in [0.4, 0.5) is 10.1 Å². The molecule has 0 aliphatic rings. The van der Waals surface area contributed by atoms with Gasteiger partial charge in [-0.3, -0.25) is 4.79 Å². The topological polar surface area (TPSA) is 62.1 Å². The molecule has 0 heterocycles. The minimum Gasteiger partial charge on any atom is -0.477 e. The van der Waals surface area contributed by atoms with E-state index in [1.807, 2.05) is 6.07 Å². The number of carbonyl (C=O) groups is 1. The van der Waals surface area contributed by atoms with Crippen molar-refractivity contribution in [3.8, 4) is 11.8 Å². The van der Waals surface area contributed by atoms with Crippen molar-refractivity contribution >= 4 is 11.6 Å². The first-order chi connectivity index (χ1) is 10.1. The molecule has 2 rings (SSSR count). The van der Waals surface area contributed by atoms with E-state index < -0.39 is 11.7 Å². The van der Waals surface area contributed by atoms with Crippen LogP contribution in [0.2, 0.25) is 0 Å². The van der Waals surface area contributed by atoms with E-state index in [1.165, 1.54) is 12.1 Å². The molecule has 1 amide bonds. The number of nitriles is 1. The SMILES string of the molecule is Cc1ccc(F)c(C(=O)Nc2ccccc2OCC#N)c1. The monoisotopic (exact) mass is 284 g/mol. The fraction of sp³-hybridized carbons (Fsp3) is 0.125. The van der Waals surface area contributed by atoms with Gasteiger partial charge < -0.3 is 10.1 Å². The zero-order valence-electron chi connectivity index (χ0n) is 11.4. The molecular formula is C16H13FN2O2. The summed E-state index contributed by atoms with van der Waals surface area (Å²) in [5.74, 6) is -0.793. The van der Waals surface area contributed by atoms with Crippen LogP contribution in [0.3, 0.4) is 0 Å². The van der Waals surface area contributed by atoms with Gasteiger partial charge in [-0.05, 0) is 31.2 Å². The van der Waals surface area contributed by atoms with Gasteiger partial charge in [-0.25, -0.2) is 4.39 Å². The Kier molecular flexibility index (Phi) is 4.52. The highest BCUT2D eigenvalue weighted by Gasteiger charge is 2.14. The Morgan fingerprint density at radius 3 is 2.86 bits per heavy atom. The van der Waals surface area contributed by atoms with E-state index >= 15 is 0 Å². The summed E-state index contributed by atoms with van der Waals surface area (Å²) in [5, 5.41) is 11.1. The van der Waals surface area contributed by atoms with Crippen molar-refractivity contribution in [1.29, 1.82) is 5.26 Å². The lowest BCUT2D eigenvalue weighted by Gasteiger charge is -2.11. The van der Waals surface area contributed by atoms with Gasteiger partial charge in [0.15, 0.2) is 6.61 Å². The summed E-state index contributed by atoms with van der Waals surface area (Å²) in [6.07, 6.45) is 0. The molecule has 0 aliphatic carbocycles. The van der Waals surface area contributed by atoms with E-state index in [2.05, 4.69) is 5.32 Å². The number of aryl methyl sites for hydroxylation is 1. The third-order valence-corrected chi connectivity index (χ3v) is 2.79. The zero-order valence-corrected chi connectivity index (χ0v) is 11.4. The molecule has 21 heavy (non-hydrogen) atoms. The molecule has 0 fully saturated rings. The van der Waals surface area contributed by atoms with Gasteiger partial charge in [0.2, 0.25) is 0 Å². The zero-order chi connectivity index (χ0) is 15.2. The minimum atomic E-state index is -0.589. The summed E-state index contributed by atoms with van der Waals surface area (Å²) < 4.78 is 18.9. The van der Waals surface area contributed by atoms with Gasteiger partial charge in [-0.2, -0.15) is 5.26 Å². The average Bonchev–Trinajstić information content (AvgIpc) is 2.48. The van der Waals surface area contributed by atoms with Crippen LogP contribution in [0.5, 0.6) is 5.75 Å². The van der Waals surface area contributed by atoms with Crippen molar-refractivity contribution in [3.63, 3.8) is 0 Å². The highest BCUT2D eigenvalue weighted by Crippen LogP contribution is 2.24. The van der Waals surface area contributed by atoms with Gasteiger partial charge in [0.1, 0.15) is 17.6 Å². The lowest BCUT2D eigenvalue weighted by Crippen LogP contribution is -2.15. The number of hydrogen-bond donors (Lipinski definition) is 1. The molecule has 0 radical (unpaired) electrons. The highest BCUT2D eigenvalue weighted by atomic mass is 19.1. The fourth-order valence-corrected chi connectivity index (χ4v) is 1.81. The van der Waals surface area contributed by atoms with Gasteiger partial charge >= 0.3 is 0 Å². The van der Waals surface area contributed by atoms with Crippen molar-refractivity contribution in [1.82, 2.24) is 0 Å². The van der Waals surface area contributed by atoms with Crippen LogP contribution < -0.4 is 10.1 Å². The fourth-order valence-electron chi connectivity index (χ4n) is 1.81. The number of anilines is 1. The van der Waals surface area contributed by atoms with Gasteiger partial charge in [-0.15, -0.1) is 0 Å². The van der Waals surface area contributed by atoms with Crippen LogP contribution >= 0.6 is 0 Å². The Bertz CT molecular complexity index is 708. The average molecular weight is 284 g/mol. The first kappa shape index (κ1) is 14.5. The third-order valence-electron chi connectivity index (χ3n) is 2.79. The summed E-state index contributed by atoms with van der Waals surface area (Å²) in [5.41, 5.74) is 1.14. The largest absolute Gasteiger partial charge is 0.477 e. The van der Waals surface area contributed by atoms with Crippen molar-refractivity contribution in [2.75, 3.05) is 11.9 Å². The van der Waals surface area contributed by atoms with Crippen LogP contribution in [0, 0.1) is 24.1 Å². The van der Waals surface area contributed by atoms with Crippen molar-refractivity contribution < 1.29 is 13.9 Å². The Hall–Kier alpha value is -2.87. The molecule has 1 N–H and O–H groups in total. The number of hydrogen-bond acceptors (Lipinski definition) is 3. The number of halogens is 1. The Balaban J connectivity index is 2.24. The molecule has 0 spiro atoms. The summed E-state index contributed by atoms with van der Waals surface area (Å²) in [6.45, 7) is 1.64. The second kappa shape index (κ2) is 6.53. The molecule has 0 atom stereocenters. The second-order valence-corrected chi connectivity index (χ2v) is 4.38. The lowest BCUT2D eigenvalue weighted by molar-refractivity contribution is 0.102. The number of ether oxygens (including phenoxy) is 1. The van der Waals surface area contributed by atoms with E-state index in [1.54, 1.807) is 37.3 Å². The lowest BCUT2D eigenvalue weighted by atomic mass is 10.1. The third kappa shape index (κ3) is 3.57. The Morgan fingerprint density at radius 1 is 1.33 bits per heavy atom. The Morgan fingerprint density at radius 2 is 2.10 bits per heavy atom. The predicted molar refractivity (Wildman–Crippen MR) is 76.6 cm³/mol. The normalized spacial score (nSPS) is 9.76. The van der Waals surface area contributed by atoms with E-state index in [9.17, 15) is 9.18 Å². The number of nitrogens with one attached hydrogen (secondary N) is 1. The minimum absolute atomic E-state index is 0.0370. The predicted octanol–water partition coefficient (Wildman–Crippen LogP) is 3.29. The van der Waals surface area contributed by atoms with E-state index in [0.717, 1.165) is 5.56 Å². The van der Waals surface area contributed by atoms with Crippen LogP contribution in [0.15, 0.2) is 42.5 Å². The number of carbonyl (C=O) groups excluding carboxylic acids is 1. The molecule has 4 nitrogen and oxygen atoms in total. The number of amides is 1. The number of benzene rings is 2. The highest BCUT2D eigenvalue weighted by molar-refractivity contribution is 6.05. The molecule has 0 aromatic heterocycles. The maximum absolute atomic E-state index is 13.7. The molecule has 0 unspecified atom stereocenters. The molecule has 2 aromatic rings. The van der Waals surface area contributed by atoms with Crippen LogP contribution in [-0.2, 0) is 0 Å². The summed E-state index contributed by atoms with van der Waals surface area (Å²) in [7, 11) is 0. The van der Waals surface area contributed by atoms with E-state index in [0.29, 0.717) is 11.4 Å². The Labute approximate surface area is 121 Å². The molecule has 0 saturated heterocycles. The molecular weight excluding hydrogens is 271 g/mol. The van der Waals surface area contributed by atoms with Crippen molar-refractivity contribution in [2.45, 2.75) is 6.92 Å². The maximum atomic E-state index is 13.7. The van der Waals surface area contributed by atoms with Gasteiger partial charge in [0.25, 0.3) is 5.91 Å². The summed E-state index contributed by atoms with van der Waals surface area (Å²) in [4.78, 5) is 12.1. The van der Waals surface area contributed by atoms with Gasteiger partial charge in [0.05, 0.1) is 11.3 Å². The van der Waals surface area contributed by atoms with Crippen LogP contribution in [-0.4, -0.2) is 12.5 Å². The van der Waals surface area contributed by atoms with Gasteiger partial charge in [-0.1, -0.05) is 23.8 Å². The summed E-state index contributed by atoms with van der Waals surface area (Å²) in [6, 6.07) is 12.8. The van der Waals surface area contributed by atoms with Gasteiger partial charge in [0, 0.05) is 0 Å².